The lowest BCUT2D eigenvalue weighted by Crippen LogP contribution is -2.28. The van der Waals surface area contributed by atoms with E-state index >= 15 is 0 Å². The summed E-state index contributed by atoms with van der Waals surface area (Å²) >= 11 is 0. The molecule has 0 amide bonds. The Balaban J connectivity index is 0.000000878. The predicted molar refractivity (Wildman–Crippen MR) is 103 cm³/mol. The molecule has 1 aliphatic heterocycles. The van der Waals surface area contributed by atoms with E-state index in [2.05, 4.69) is 21.7 Å². The van der Waals surface area contributed by atoms with Crippen molar-refractivity contribution in [3.05, 3.63) is 53.5 Å². The summed E-state index contributed by atoms with van der Waals surface area (Å²) in [6.07, 6.45) is 5.65. The zero-order valence-corrected chi connectivity index (χ0v) is 15.7. The van der Waals surface area contributed by atoms with E-state index < -0.39 is 17.7 Å². The highest BCUT2D eigenvalue weighted by molar-refractivity contribution is 5.86. The molecule has 3 rings (SSSR count). The number of amidine groups is 1. The molecule has 0 aromatic heterocycles. The second-order valence-electron chi connectivity index (χ2n) is 6.42. The fourth-order valence-electron chi connectivity index (χ4n) is 2.73. The smallest absolute Gasteiger partial charge is 0.252 e. The molecule has 1 saturated carbocycles. The molecule has 1 aliphatic carbocycles. The highest BCUT2D eigenvalue weighted by atomic mass is 19.3. The van der Waals surface area contributed by atoms with Crippen LogP contribution in [0.3, 0.4) is 0 Å². The van der Waals surface area contributed by atoms with E-state index in [1.165, 1.54) is 18.2 Å². The van der Waals surface area contributed by atoms with Crippen LogP contribution in [0.5, 0.6) is 0 Å². The molecule has 28 heavy (non-hydrogen) atoms. The van der Waals surface area contributed by atoms with E-state index in [1.54, 1.807) is 37.5 Å². The van der Waals surface area contributed by atoms with Gasteiger partial charge in [-0.3, -0.25) is 4.79 Å². The number of alkyl halides is 2. The fourth-order valence-corrected chi connectivity index (χ4v) is 2.73. The lowest BCUT2D eigenvalue weighted by Gasteiger charge is -2.24. The number of halogens is 3. The Labute approximate surface area is 161 Å². The highest BCUT2D eigenvalue weighted by Gasteiger charge is 2.57. The highest BCUT2D eigenvalue weighted by Crippen LogP contribution is 2.51. The molecule has 1 atom stereocenters. The van der Waals surface area contributed by atoms with Crippen molar-refractivity contribution in [1.82, 2.24) is 4.90 Å². The van der Waals surface area contributed by atoms with E-state index in [4.69, 9.17) is 0 Å². The van der Waals surface area contributed by atoms with Crippen LogP contribution in [-0.4, -0.2) is 50.4 Å². The lowest BCUT2D eigenvalue weighted by molar-refractivity contribution is 0.0997. The number of carbonyl (C=O) groups excluding carboxylic acids is 1. The van der Waals surface area contributed by atoms with Crippen molar-refractivity contribution in [1.29, 1.82) is 0 Å². The first-order valence-electron chi connectivity index (χ1n) is 8.56. The predicted octanol–water partition coefficient (Wildman–Crippen LogP) is 4.17. The van der Waals surface area contributed by atoms with Crippen LogP contribution in [0, 0.1) is 11.7 Å². The largest absolute Gasteiger partial charge is 0.388 e. The fraction of sp³-hybridized carbons (Fsp3) is 0.350. The first-order chi connectivity index (χ1) is 13.4. The van der Waals surface area contributed by atoms with E-state index in [-0.39, 0.29) is 18.4 Å². The number of allylic oxidation sites excluding steroid dienone is 2. The minimum absolute atomic E-state index is 0.113. The van der Waals surface area contributed by atoms with Crippen LogP contribution in [-0.2, 0) is 4.74 Å². The average Bonchev–Trinajstić information content (AvgIpc) is 3.28. The Morgan fingerprint density at radius 1 is 1.43 bits per heavy atom. The number of ether oxygens (including phenoxy) is 1. The summed E-state index contributed by atoms with van der Waals surface area (Å²) < 4.78 is 44.6. The number of rotatable bonds is 5. The molecule has 1 fully saturated rings. The van der Waals surface area contributed by atoms with Crippen LogP contribution < -0.4 is 0 Å². The van der Waals surface area contributed by atoms with Crippen molar-refractivity contribution in [2.75, 3.05) is 20.8 Å². The van der Waals surface area contributed by atoms with Gasteiger partial charge in [-0.15, -0.1) is 5.10 Å². The van der Waals surface area contributed by atoms with Crippen molar-refractivity contribution in [2.45, 2.75) is 18.8 Å². The molecule has 0 spiro atoms. The Bertz CT molecular complexity index is 819. The maximum atomic E-state index is 14.1. The number of nitrogens with zero attached hydrogens (tertiary/aromatic N) is 3. The number of methoxy groups -OCH3 is 1. The summed E-state index contributed by atoms with van der Waals surface area (Å²) in [7, 11) is 3.25. The molecule has 0 saturated heterocycles. The van der Waals surface area contributed by atoms with Gasteiger partial charge in [-0.2, -0.15) is 5.10 Å². The Hall–Kier alpha value is -2.74. The first-order valence-corrected chi connectivity index (χ1v) is 8.56. The monoisotopic (exact) mass is 393 g/mol. The molecule has 1 heterocycles. The Morgan fingerprint density at radius 2 is 2.11 bits per heavy atom. The van der Waals surface area contributed by atoms with Crippen LogP contribution in [0.25, 0.3) is 5.57 Å². The molecule has 0 N–H and O–H groups in total. The summed E-state index contributed by atoms with van der Waals surface area (Å²) in [5.41, 5.74) is 1.28. The second-order valence-corrected chi connectivity index (χ2v) is 6.42. The molecule has 1 aromatic carbocycles. The maximum Gasteiger partial charge on any atom is 0.252 e. The van der Waals surface area contributed by atoms with E-state index in [0.29, 0.717) is 29.8 Å². The summed E-state index contributed by atoms with van der Waals surface area (Å²) in [6, 6.07) is 4.25. The Kier molecular flexibility index (Phi) is 7.28. The maximum absolute atomic E-state index is 14.1. The Morgan fingerprint density at radius 3 is 2.57 bits per heavy atom. The number of benzene rings is 1. The normalized spacial score (nSPS) is 20.0. The summed E-state index contributed by atoms with van der Waals surface area (Å²) in [6.45, 7) is 3.64. The van der Waals surface area contributed by atoms with Crippen LogP contribution in [0.4, 0.5) is 13.2 Å². The summed E-state index contributed by atoms with van der Waals surface area (Å²) in [5.74, 6) is -3.44. The third kappa shape index (κ3) is 5.39. The number of hydrogen-bond acceptors (Lipinski definition) is 4. The molecule has 8 heteroatoms. The van der Waals surface area contributed by atoms with Gasteiger partial charge < -0.3 is 9.64 Å². The third-order valence-electron chi connectivity index (χ3n) is 4.28. The molecule has 1 unspecified atom stereocenters. The van der Waals surface area contributed by atoms with Gasteiger partial charge in [-0.05, 0) is 17.7 Å². The van der Waals surface area contributed by atoms with Crippen molar-refractivity contribution >= 4 is 24.4 Å². The SMILES string of the molecule is C=N/N=C(/CC1CC1(F)F)N1C=CC(c2ccc(C=O)cc2F)=CC1.COC. The lowest BCUT2D eigenvalue weighted by atomic mass is 10.0. The number of carbonyl (C=O) groups is 1. The number of aldehydes is 1. The minimum atomic E-state index is -2.63. The van der Waals surface area contributed by atoms with E-state index in [9.17, 15) is 18.0 Å². The van der Waals surface area contributed by atoms with Crippen LogP contribution in [0.15, 0.2) is 46.8 Å². The van der Waals surface area contributed by atoms with Crippen molar-refractivity contribution in [2.24, 2.45) is 16.1 Å². The molecule has 2 aliphatic rings. The van der Waals surface area contributed by atoms with Gasteiger partial charge in [-0.25, -0.2) is 13.2 Å². The molecule has 0 radical (unpaired) electrons. The minimum Gasteiger partial charge on any atom is -0.388 e. The average molecular weight is 393 g/mol. The summed E-state index contributed by atoms with van der Waals surface area (Å²) in [4.78, 5) is 12.4. The van der Waals surface area contributed by atoms with Gasteiger partial charge in [0.25, 0.3) is 5.92 Å². The molecule has 0 bridgehead atoms. The molecule has 150 valence electrons. The third-order valence-corrected chi connectivity index (χ3v) is 4.28. The standard InChI is InChI=1S/C18H16F3N3O.C2H6O/c1-22-23-17(9-14-10-18(14,20)21)24-6-4-13(5-7-24)15-3-2-12(11-25)8-16(15)19;1-3-2/h2-6,8,11,14H,1,7,9-10H2;1-2H3/b23-17-;. The van der Waals surface area contributed by atoms with Crippen molar-refractivity contribution < 1.29 is 22.7 Å². The van der Waals surface area contributed by atoms with Crippen molar-refractivity contribution in [3.63, 3.8) is 0 Å². The molecular weight excluding hydrogens is 371 g/mol. The molecule has 1 aromatic rings. The van der Waals surface area contributed by atoms with Gasteiger partial charge >= 0.3 is 0 Å². The van der Waals surface area contributed by atoms with Gasteiger partial charge in [0.15, 0.2) is 0 Å². The van der Waals surface area contributed by atoms with Gasteiger partial charge in [0.1, 0.15) is 17.9 Å². The topological polar surface area (TPSA) is 54.3 Å². The van der Waals surface area contributed by atoms with E-state index in [0.717, 1.165) is 0 Å². The van der Waals surface area contributed by atoms with Crippen LogP contribution in [0.2, 0.25) is 0 Å². The molecular formula is C20H22F3N3O2. The van der Waals surface area contributed by atoms with Gasteiger partial charge in [0.2, 0.25) is 0 Å². The zero-order chi connectivity index (χ0) is 20.7. The van der Waals surface area contributed by atoms with Crippen LogP contribution >= 0.6 is 0 Å². The quantitative estimate of drug-likeness (QED) is 0.327. The summed E-state index contributed by atoms with van der Waals surface area (Å²) in [5, 5.41) is 7.32. The number of hydrogen-bond donors (Lipinski definition) is 0. The second kappa shape index (κ2) is 9.45. The van der Waals surface area contributed by atoms with Gasteiger partial charge in [-0.1, -0.05) is 18.2 Å². The first kappa shape index (κ1) is 21.6. The van der Waals surface area contributed by atoms with Crippen LogP contribution in [0.1, 0.15) is 28.8 Å². The van der Waals surface area contributed by atoms with Crippen molar-refractivity contribution in [3.8, 4) is 0 Å². The van der Waals surface area contributed by atoms with Gasteiger partial charge in [0, 0.05) is 63.6 Å². The van der Waals surface area contributed by atoms with Gasteiger partial charge in [0.05, 0.1) is 0 Å². The zero-order valence-electron chi connectivity index (χ0n) is 15.7. The van der Waals surface area contributed by atoms with E-state index in [1.807, 2.05) is 0 Å². The molecule has 5 nitrogen and oxygen atoms in total.